The molecular formula is C18H15ClF2N2O4. The van der Waals surface area contributed by atoms with Gasteiger partial charge in [0.25, 0.3) is 0 Å². The van der Waals surface area contributed by atoms with E-state index >= 15 is 0 Å². The molecule has 27 heavy (non-hydrogen) atoms. The van der Waals surface area contributed by atoms with Gasteiger partial charge in [-0.2, -0.15) is 0 Å². The first-order chi connectivity index (χ1) is 12.8. The van der Waals surface area contributed by atoms with Crippen molar-refractivity contribution in [3.63, 3.8) is 0 Å². The van der Waals surface area contributed by atoms with Crippen LogP contribution in [0, 0.1) is 11.6 Å². The first-order valence-corrected chi connectivity index (χ1v) is 8.24. The third-order valence-electron chi connectivity index (χ3n) is 4.37. The number of methoxy groups -OCH3 is 2. The molecule has 0 radical (unpaired) electrons. The number of ketones is 1. The van der Waals surface area contributed by atoms with Gasteiger partial charge in [0, 0.05) is 12.3 Å². The number of halogens is 3. The molecule has 2 heterocycles. The van der Waals surface area contributed by atoms with E-state index in [0.29, 0.717) is 11.1 Å². The molecule has 0 fully saturated rings. The summed E-state index contributed by atoms with van der Waals surface area (Å²) in [6.45, 7) is 1.04. The lowest BCUT2D eigenvalue weighted by atomic mass is 9.87. The predicted octanol–water partition coefficient (Wildman–Crippen LogP) is 3.25. The van der Waals surface area contributed by atoms with Crippen LogP contribution in [0.5, 0.6) is 11.5 Å². The molecule has 1 aromatic carbocycles. The van der Waals surface area contributed by atoms with Crippen molar-refractivity contribution < 1.29 is 27.8 Å². The summed E-state index contributed by atoms with van der Waals surface area (Å²) in [4.78, 5) is 29.9. The molecular weight excluding hydrogens is 382 g/mol. The number of amides is 1. The summed E-state index contributed by atoms with van der Waals surface area (Å²) in [5.41, 5.74) is 0.183. The van der Waals surface area contributed by atoms with E-state index in [4.69, 9.17) is 21.1 Å². The molecule has 0 saturated carbocycles. The van der Waals surface area contributed by atoms with E-state index in [1.54, 1.807) is 0 Å². The van der Waals surface area contributed by atoms with Crippen molar-refractivity contribution in [3.05, 3.63) is 46.2 Å². The van der Waals surface area contributed by atoms with Gasteiger partial charge in [-0.25, -0.2) is 13.8 Å². The van der Waals surface area contributed by atoms with Gasteiger partial charge in [-0.1, -0.05) is 11.6 Å². The number of carbonyl (C=O) groups is 2. The van der Waals surface area contributed by atoms with Gasteiger partial charge in [-0.05, 0) is 24.1 Å². The lowest BCUT2D eigenvalue weighted by molar-refractivity contribution is -0.128. The molecule has 142 valence electrons. The Bertz CT molecular complexity index is 923. The normalized spacial score (nSPS) is 16.1. The summed E-state index contributed by atoms with van der Waals surface area (Å²) < 4.78 is 39.5. The monoisotopic (exact) mass is 396 g/mol. The van der Waals surface area contributed by atoms with Crippen LogP contribution in [0.3, 0.4) is 0 Å². The van der Waals surface area contributed by atoms with E-state index in [-0.39, 0.29) is 23.2 Å². The Morgan fingerprint density at radius 2 is 1.81 bits per heavy atom. The Balaban J connectivity index is 2.23. The number of rotatable bonds is 4. The van der Waals surface area contributed by atoms with E-state index in [2.05, 4.69) is 4.98 Å². The summed E-state index contributed by atoms with van der Waals surface area (Å²) in [6.07, 6.45) is 1.38. The highest BCUT2D eigenvalue weighted by atomic mass is 35.5. The average molecular weight is 397 g/mol. The van der Waals surface area contributed by atoms with Crippen LogP contribution in [0.4, 0.5) is 14.5 Å². The van der Waals surface area contributed by atoms with Crippen LogP contribution in [0.1, 0.15) is 24.0 Å². The van der Waals surface area contributed by atoms with Crippen LogP contribution in [0.15, 0.2) is 18.3 Å². The topological polar surface area (TPSA) is 68.7 Å². The highest BCUT2D eigenvalue weighted by Gasteiger charge is 2.40. The molecule has 1 unspecified atom stereocenters. The molecule has 1 amide bonds. The van der Waals surface area contributed by atoms with Gasteiger partial charge in [0.2, 0.25) is 5.91 Å². The smallest absolute Gasteiger partial charge is 0.242 e. The molecule has 0 spiro atoms. The van der Waals surface area contributed by atoms with Crippen molar-refractivity contribution in [1.29, 1.82) is 0 Å². The van der Waals surface area contributed by atoms with Crippen LogP contribution in [-0.2, 0) is 16.1 Å². The van der Waals surface area contributed by atoms with Gasteiger partial charge in [0.05, 0.1) is 20.8 Å². The fourth-order valence-corrected chi connectivity index (χ4v) is 3.27. The van der Waals surface area contributed by atoms with E-state index < -0.39 is 34.9 Å². The minimum Gasteiger partial charge on any atom is -0.493 e. The summed E-state index contributed by atoms with van der Waals surface area (Å²) >= 11 is 5.88. The largest absolute Gasteiger partial charge is 0.493 e. The van der Waals surface area contributed by atoms with Crippen molar-refractivity contribution in [2.24, 2.45) is 0 Å². The molecule has 0 N–H and O–H groups in total. The SMILES string of the molecule is COc1cc(OC)c(F)c(N2Cc3cnc(Cl)cc3C(C(C)=O)C2=O)c1F. The Hall–Kier alpha value is -2.74. The van der Waals surface area contributed by atoms with Gasteiger partial charge in [-0.3, -0.25) is 9.59 Å². The van der Waals surface area contributed by atoms with E-state index in [1.165, 1.54) is 33.4 Å². The quantitative estimate of drug-likeness (QED) is 0.586. The fraction of sp³-hybridized carbons (Fsp3) is 0.278. The minimum absolute atomic E-state index is 0.113. The molecule has 3 rings (SSSR count). The van der Waals surface area contributed by atoms with Gasteiger partial charge >= 0.3 is 0 Å². The van der Waals surface area contributed by atoms with E-state index in [1.807, 2.05) is 0 Å². The maximum Gasteiger partial charge on any atom is 0.242 e. The van der Waals surface area contributed by atoms with Gasteiger partial charge < -0.3 is 14.4 Å². The fourth-order valence-electron chi connectivity index (χ4n) is 3.10. The Morgan fingerprint density at radius 1 is 1.22 bits per heavy atom. The standard InChI is InChI=1S/C18H15ClF2N2O4/c1-8(24)14-10-4-13(19)22-6-9(10)7-23(18(14)25)17-15(20)11(26-2)5-12(27-3)16(17)21/h4-6,14H,7H2,1-3H3. The Labute approximate surface area is 158 Å². The number of anilines is 1. The number of benzene rings is 1. The lowest BCUT2D eigenvalue weighted by Crippen LogP contribution is -2.43. The average Bonchev–Trinajstić information content (AvgIpc) is 2.62. The van der Waals surface area contributed by atoms with Crippen LogP contribution < -0.4 is 14.4 Å². The molecule has 0 saturated heterocycles. The van der Waals surface area contributed by atoms with Gasteiger partial charge in [0.1, 0.15) is 22.5 Å². The molecule has 9 heteroatoms. The number of ether oxygens (including phenoxy) is 2. The van der Waals surface area contributed by atoms with Crippen molar-refractivity contribution >= 4 is 29.0 Å². The van der Waals surface area contributed by atoms with E-state index in [9.17, 15) is 18.4 Å². The minimum atomic E-state index is -1.25. The number of nitrogens with zero attached hydrogens (tertiary/aromatic N) is 2. The molecule has 1 aliphatic heterocycles. The number of hydrogen-bond donors (Lipinski definition) is 0. The molecule has 0 aliphatic carbocycles. The van der Waals surface area contributed by atoms with Crippen molar-refractivity contribution in [3.8, 4) is 11.5 Å². The highest BCUT2D eigenvalue weighted by molar-refractivity contribution is 6.29. The molecule has 6 nitrogen and oxygen atoms in total. The Morgan fingerprint density at radius 3 is 2.33 bits per heavy atom. The number of carbonyl (C=O) groups excluding carboxylic acids is 2. The molecule has 0 bridgehead atoms. The van der Waals surface area contributed by atoms with Crippen LogP contribution >= 0.6 is 11.6 Å². The first kappa shape index (κ1) is 19.0. The maximum absolute atomic E-state index is 14.8. The summed E-state index contributed by atoms with van der Waals surface area (Å²) in [5.74, 6) is -5.24. The maximum atomic E-state index is 14.8. The zero-order valence-corrected chi connectivity index (χ0v) is 15.4. The molecule has 1 aromatic heterocycles. The zero-order valence-electron chi connectivity index (χ0n) is 14.7. The van der Waals surface area contributed by atoms with Crippen molar-refractivity contribution in [1.82, 2.24) is 4.98 Å². The third kappa shape index (κ3) is 3.10. The van der Waals surface area contributed by atoms with Crippen molar-refractivity contribution in [2.45, 2.75) is 19.4 Å². The summed E-state index contributed by atoms with van der Waals surface area (Å²) in [6, 6.07) is 2.46. The van der Waals surface area contributed by atoms with Gasteiger partial charge in [0.15, 0.2) is 23.1 Å². The number of Topliss-reactive ketones (excluding diaryl/α,β-unsaturated/α-hetero) is 1. The second kappa shape index (κ2) is 7.11. The molecule has 1 atom stereocenters. The summed E-state index contributed by atoms with van der Waals surface area (Å²) in [7, 11) is 2.41. The number of aromatic nitrogens is 1. The predicted molar refractivity (Wildman–Crippen MR) is 93.3 cm³/mol. The zero-order chi connectivity index (χ0) is 19.9. The van der Waals surface area contributed by atoms with Crippen LogP contribution in [0.25, 0.3) is 0 Å². The summed E-state index contributed by atoms with van der Waals surface area (Å²) in [5, 5.41) is 0.113. The van der Waals surface area contributed by atoms with Crippen LogP contribution in [0.2, 0.25) is 5.15 Å². The highest BCUT2D eigenvalue weighted by Crippen LogP contribution is 2.41. The second-order valence-electron chi connectivity index (χ2n) is 5.93. The third-order valence-corrected chi connectivity index (χ3v) is 4.58. The number of hydrogen-bond acceptors (Lipinski definition) is 5. The number of pyridine rings is 1. The number of fused-ring (bicyclic) bond motifs is 1. The van der Waals surface area contributed by atoms with E-state index in [0.717, 1.165) is 11.0 Å². The molecule has 2 aromatic rings. The molecule has 1 aliphatic rings. The van der Waals surface area contributed by atoms with Gasteiger partial charge in [-0.15, -0.1) is 0 Å². The Kier molecular flexibility index (Phi) is 5.01. The van der Waals surface area contributed by atoms with Crippen molar-refractivity contribution in [2.75, 3.05) is 19.1 Å². The second-order valence-corrected chi connectivity index (χ2v) is 6.32. The first-order valence-electron chi connectivity index (χ1n) is 7.86. The van der Waals surface area contributed by atoms with Crippen LogP contribution in [-0.4, -0.2) is 30.9 Å². The lowest BCUT2D eigenvalue weighted by Gasteiger charge is -2.33.